The number of nitrogens with one attached hydrogen (secondary N) is 1. The van der Waals surface area contributed by atoms with E-state index in [0.29, 0.717) is 17.2 Å². The Labute approximate surface area is 121 Å². The van der Waals surface area contributed by atoms with Crippen molar-refractivity contribution in [1.29, 1.82) is 0 Å². The maximum Gasteiger partial charge on any atom is 0.269 e. The predicted octanol–water partition coefficient (Wildman–Crippen LogP) is 2.99. The normalized spacial score (nSPS) is 19.9. The molecule has 1 aliphatic heterocycles. The van der Waals surface area contributed by atoms with Gasteiger partial charge in [0, 0.05) is 5.69 Å². The van der Waals surface area contributed by atoms with Crippen LogP contribution in [0.2, 0.25) is 0 Å². The summed E-state index contributed by atoms with van der Waals surface area (Å²) in [5, 5.41) is 2.69. The number of fused-ring (bicyclic) bond motifs is 1. The second kappa shape index (κ2) is 5.44. The number of rotatable bonds is 2. The second-order valence-electron chi connectivity index (χ2n) is 4.80. The van der Waals surface area contributed by atoms with Crippen molar-refractivity contribution in [3.8, 4) is 11.5 Å². The lowest BCUT2D eigenvalue weighted by Crippen LogP contribution is -2.46. The van der Waals surface area contributed by atoms with Gasteiger partial charge in [-0.2, -0.15) is 0 Å². The third kappa shape index (κ3) is 2.81. The van der Waals surface area contributed by atoms with Crippen LogP contribution >= 0.6 is 0 Å². The van der Waals surface area contributed by atoms with E-state index in [-0.39, 0.29) is 11.7 Å². The number of hydrogen-bond acceptors (Lipinski definition) is 3. The molecule has 0 spiro atoms. The molecule has 21 heavy (non-hydrogen) atoms. The van der Waals surface area contributed by atoms with E-state index in [1.807, 2.05) is 12.1 Å². The van der Waals surface area contributed by atoms with Crippen LogP contribution in [0, 0.1) is 5.82 Å². The van der Waals surface area contributed by atoms with E-state index in [9.17, 15) is 9.18 Å². The van der Waals surface area contributed by atoms with Crippen LogP contribution in [-0.2, 0) is 4.79 Å². The molecule has 0 bridgehead atoms. The van der Waals surface area contributed by atoms with Gasteiger partial charge in [0.05, 0.1) is 0 Å². The average Bonchev–Trinajstić information content (AvgIpc) is 2.49. The Morgan fingerprint density at radius 3 is 2.33 bits per heavy atom. The topological polar surface area (TPSA) is 47.6 Å². The Morgan fingerprint density at radius 2 is 1.67 bits per heavy atom. The van der Waals surface area contributed by atoms with E-state index < -0.39 is 12.2 Å². The van der Waals surface area contributed by atoms with Crippen molar-refractivity contribution in [3.63, 3.8) is 0 Å². The summed E-state index contributed by atoms with van der Waals surface area (Å²) in [6, 6.07) is 12.8. The molecule has 4 nitrogen and oxygen atoms in total. The predicted molar refractivity (Wildman–Crippen MR) is 76.0 cm³/mol. The highest BCUT2D eigenvalue weighted by Crippen LogP contribution is 2.33. The van der Waals surface area contributed by atoms with E-state index in [0.717, 1.165) is 0 Å². The summed E-state index contributed by atoms with van der Waals surface area (Å²) in [6.07, 6.45) is -1.18. The summed E-state index contributed by atoms with van der Waals surface area (Å²) in [7, 11) is 0. The van der Waals surface area contributed by atoms with Crippen molar-refractivity contribution in [1.82, 2.24) is 0 Å². The molecule has 0 fully saturated rings. The fraction of sp³-hybridized carbons (Fsp3) is 0.188. The molecule has 0 aromatic heterocycles. The van der Waals surface area contributed by atoms with Crippen molar-refractivity contribution in [2.75, 3.05) is 5.32 Å². The third-order valence-electron chi connectivity index (χ3n) is 3.21. The highest BCUT2D eigenvalue weighted by Gasteiger charge is 2.34. The van der Waals surface area contributed by atoms with E-state index >= 15 is 0 Å². The number of carbonyl (C=O) groups is 1. The number of para-hydroxylation sites is 2. The molecule has 2 atom stereocenters. The molecule has 3 rings (SSSR count). The SMILES string of the molecule is C[C@@H]1Oc2ccccc2O[C@H]1C(=O)Nc1ccc(F)cc1. The summed E-state index contributed by atoms with van der Waals surface area (Å²) in [6.45, 7) is 1.77. The zero-order valence-corrected chi connectivity index (χ0v) is 11.4. The van der Waals surface area contributed by atoms with Gasteiger partial charge in [-0.15, -0.1) is 0 Å². The lowest BCUT2D eigenvalue weighted by Gasteiger charge is -2.31. The monoisotopic (exact) mass is 287 g/mol. The molecule has 0 radical (unpaired) electrons. The zero-order valence-electron chi connectivity index (χ0n) is 11.4. The molecule has 2 aromatic rings. The zero-order chi connectivity index (χ0) is 14.8. The van der Waals surface area contributed by atoms with Gasteiger partial charge < -0.3 is 14.8 Å². The largest absolute Gasteiger partial charge is 0.482 e. The summed E-state index contributed by atoms with van der Waals surface area (Å²) in [4.78, 5) is 12.3. The molecule has 0 aliphatic carbocycles. The number of amides is 1. The molecule has 1 amide bonds. The highest BCUT2D eigenvalue weighted by atomic mass is 19.1. The minimum atomic E-state index is -0.759. The summed E-state index contributed by atoms with van der Waals surface area (Å²) < 4.78 is 24.2. The number of benzene rings is 2. The summed E-state index contributed by atoms with van der Waals surface area (Å²) >= 11 is 0. The summed E-state index contributed by atoms with van der Waals surface area (Å²) in [5.41, 5.74) is 0.510. The van der Waals surface area contributed by atoms with Crippen LogP contribution in [0.5, 0.6) is 11.5 Å². The van der Waals surface area contributed by atoms with Crippen LogP contribution in [0.3, 0.4) is 0 Å². The van der Waals surface area contributed by atoms with Gasteiger partial charge in [-0.1, -0.05) is 12.1 Å². The first kappa shape index (κ1) is 13.4. The number of halogens is 1. The maximum absolute atomic E-state index is 12.8. The van der Waals surface area contributed by atoms with E-state index in [1.54, 1.807) is 19.1 Å². The van der Waals surface area contributed by atoms with Crippen molar-refractivity contribution in [3.05, 3.63) is 54.3 Å². The Kier molecular flexibility index (Phi) is 3.48. The van der Waals surface area contributed by atoms with Crippen molar-refractivity contribution in [2.24, 2.45) is 0 Å². The van der Waals surface area contributed by atoms with E-state index in [1.165, 1.54) is 24.3 Å². The van der Waals surface area contributed by atoms with Crippen LogP contribution in [0.4, 0.5) is 10.1 Å². The molecule has 108 valence electrons. The Bertz CT molecular complexity index is 657. The van der Waals surface area contributed by atoms with E-state index in [2.05, 4.69) is 5.32 Å². The molecule has 2 aromatic carbocycles. The van der Waals surface area contributed by atoms with Crippen molar-refractivity contribution >= 4 is 11.6 Å². The van der Waals surface area contributed by atoms with Gasteiger partial charge in [0.25, 0.3) is 5.91 Å². The lowest BCUT2D eigenvalue weighted by molar-refractivity contribution is -0.128. The number of carbonyl (C=O) groups excluding carboxylic acids is 1. The van der Waals surface area contributed by atoms with Crippen molar-refractivity contribution in [2.45, 2.75) is 19.1 Å². The quantitative estimate of drug-likeness (QED) is 0.923. The molecule has 0 unspecified atom stereocenters. The van der Waals surface area contributed by atoms with E-state index in [4.69, 9.17) is 9.47 Å². The first-order valence-corrected chi connectivity index (χ1v) is 6.62. The van der Waals surface area contributed by atoms with Crippen LogP contribution in [0.25, 0.3) is 0 Å². The first-order valence-electron chi connectivity index (χ1n) is 6.62. The molecule has 1 aliphatic rings. The minimum Gasteiger partial charge on any atom is -0.482 e. The third-order valence-corrected chi connectivity index (χ3v) is 3.21. The molecule has 0 saturated carbocycles. The van der Waals surface area contributed by atoms with Gasteiger partial charge in [0.15, 0.2) is 11.5 Å². The molecular weight excluding hydrogens is 273 g/mol. The highest BCUT2D eigenvalue weighted by molar-refractivity contribution is 5.95. The van der Waals surface area contributed by atoms with Gasteiger partial charge in [0.1, 0.15) is 11.9 Å². The van der Waals surface area contributed by atoms with Crippen LogP contribution in [0.1, 0.15) is 6.92 Å². The number of hydrogen-bond donors (Lipinski definition) is 1. The first-order chi connectivity index (χ1) is 10.1. The Morgan fingerprint density at radius 1 is 1.05 bits per heavy atom. The van der Waals surface area contributed by atoms with Crippen LogP contribution in [0.15, 0.2) is 48.5 Å². The molecule has 0 saturated heterocycles. The van der Waals surface area contributed by atoms with Gasteiger partial charge in [0.2, 0.25) is 6.10 Å². The Balaban J connectivity index is 1.74. The minimum absolute atomic E-state index is 0.330. The van der Waals surface area contributed by atoms with Crippen LogP contribution < -0.4 is 14.8 Å². The molecule has 1 heterocycles. The fourth-order valence-corrected chi connectivity index (χ4v) is 2.15. The maximum atomic E-state index is 12.8. The van der Waals surface area contributed by atoms with Crippen LogP contribution in [-0.4, -0.2) is 18.1 Å². The Hall–Kier alpha value is -2.56. The average molecular weight is 287 g/mol. The van der Waals surface area contributed by atoms with Gasteiger partial charge in [-0.05, 0) is 43.3 Å². The van der Waals surface area contributed by atoms with Gasteiger partial charge in [-0.3, -0.25) is 4.79 Å². The molecule has 1 N–H and O–H groups in total. The number of ether oxygens (including phenoxy) is 2. The molecule has 5 heteroatoms. The standard InChI is InChI=1S/C16H14FNO3/c1-10-15(21-14-5-3-2-4-13(14)20-10)16(19)18-12-8-6-11(17)7-9-12/h2-10,15H,1H3,(H,18,19)/t10-,15+/m0/s1. The van der Waals surface area contributed by atoms with Gasteiger partial charge >= 0.3 is 0 Å². The lowest BCUT2D eigenvalue weighted by atomic mass is 10.1. The number of anilines is 1. The molecular formula is C16H14FNO3. The van der Waals surface area contributed by atoms with Gasteiger partial charge in [-0.25, -0.2) is 4.39 Å². The fourth-order valence-electron chi connectivity index (χ4n) is 2.15. The second-order valence-corrected chi connectivity index (χ2v) is 4.80. The smallest absolute Gasteiger partial charge is 0.269 e. The van der Waals surface area contributed by atoms with Crippen molar-refractivity contribution < 1.29 is 18.7 Å². The summed E-state index contributed by atoms with van der Waals surface area (Å²) in [5.74, 6) is 0.474.